The van der Waals surface area contributed by atoms with Gasteiger partial charge in [-0.25, -0.2) is 0 Å². The first-order valence-corrected chi connectivity index (χ1v) is 4.12. The third-order valence-corrected chi connectivity index (χ3v) is 1.43. The average molecular weight is 174 g/mol. The summed E-state index contributed by atoms with van der Waals surface area (Å²) in [6, 6.07) is 0. The van der Waals surface area contributed by atoms with E-state index in [4.69, 9.17) is 10.5 Å². The van der Waals surface area contributed by atoms with Crippen molar-refractivity contribution < 1.29 is 9.53 Å². The Bertz CT molecular complexity index is 146. The van der Waals surface area contributed by atoms with Gasteiger partial charge >= 0.3 is 0 Å². The highest BCUT2D eigenvalue weighted by atomic mass is 16.5. The fourth-order valence-corrected chi connectivity index (χ4v) is 0.825. The molecule has 0 aromatic carbocycles. The van der Waals surface area contributed by atoms with Crippen LogP contribution in [-0.2, 0) is 9.53 Å². The molecule has 0 aliphatic carbocycles. The van der Waals surface area contributed by atoms with Crippen LogP contribution in [0.3, 0.4) is 0 Å². The maximum atomic E-state index is 10.8. The second-order valence-electron chi connectivity index (χ2n) is 3.17. The summed E-state index contributed by atoms with van der Waals surface area (Å²) in [5.41, 5.74) is 4.82. The highest BCUT2D eigenvalue weighted by molar-refractivity contribution is 5.77. The molecule has 0 heterocycles. The average Bonchev–Trinajstić information content (AvgIpc) is 2.00. The topological polar surface area (TPSA) is 64.3 Å². The molecule has 0 atom stereocenters. The van der Waals surface area contributed by atoms with E-state index in [0.717, 1.165) is 0 Å². The second kappa shape index (κ2) is 5.11. The van der Waals surface area contributed by atoms with E-state index in [9.17, 15) is 4.79 Å². The number of nitrogens with two attached hydrogens (primary N) is 1. The van der Waals surface area contributed by atoms with Crippen molar-refractivity contribution in [2.75, 3.05) is 19.7 Å². The molecule has 0 aliphatic rings. The van der Waals surface area contributed by atoms with E-state index in [1.54, 1.807) is 0 Å². The predicted molar refractivity (Wildman–Crippen MR) is 47.8 cm³/mol. The summed E-state index contributed by atoms with van der Waals surface area (Å²) >= 11 is 0. The summed E-state index contributed by atoms with van der Waals surface area (Å²) in [4.78, 5) is 10.8. The zero-order valence-corrected chi connectivity index (χ0v) is 8.02. The molecule has 0 saturated carbocycles. The second-order valence-corrected chi connectivity index (χ2v) is 3.17. The van der Waals surface area contributed by atoms with E-state index in [1.165, 1.54) is 0 Å². The number of amides is 1. The molecule has 4 heteroatoms. The summed E-state index contributed by atoms with van der Waals surface area (Å²) in [5.74, 6) is -0.150. The van der Waals surface area contributed by atoms with Gasteiger partial charge in [-0.1, -0.05) is 0 Å². The van der Waals surface area contributed by atoms with Crippen LogP contribution in [0.1, 0.15) is 20.8 Å². The molecule has 3 N–H and O–H groups in total. The van der Waals surface area contributed by atoms with E-state index < -0.39 is 0 Å². The Kier molecular flexibility index (Phi) is 4.85. The van der Waals surface area contributed by atoms with Gasteiger partial charge in [0, 0.05) is 13.2 Å². The van der Waals surface area contributed by atoms with Gasteiger partial charge in [0.25, 0.3) is 0 Å². The molecule has 0 aromatic heterocycles. The molecular weight excluding hydrogens is 156 g/mol. The highest BCUT2D eigenvalue weighted by Gasteiger charge is 2.17. The molecule has 12 heavy (non-hydrogen) atoms. The minimum atomic E-state index is -0.306. The SMILES string of the molecule is CCOC(C)(C)CNC(=O)CN. The smallest absolute Gasteiger partial charge is 0.233 e. The first kappa shape index (κ1) is 11.4. The Hall–Kier alpha value is -0.610. The van der Waals surface area contributed by atoms with E-state index in [0.29, 0.717) is 13.2 Å². The van der Waals surface area contributed by atoms with E-state index >= 15 is 0 Å². The molecular formula is C8H18N2O2. The zero-order chi connectivity index (χ0) is 9.61. The lowest BCUT2D eigenvalue weighted by Gasteiger charge is -2.24. The van der Waals surface area contributed by atoms with Crippen LogP contribution in [0.15, 0.2) is 0 Å². The van der Waals surface area contributed by atoms with E-state index in [1.807, 2.05) is 20.8 Å². The number of carbonyl (C=O) groups excluding carboxylic acids is 1. The molecule has 0 bridgehead atoms. The molecule has 4 nitrogen and oxygen atoms in total. The molecule has 72 valence electrons. The van der Waals surface area contributed by atoms with Crippen molar-refractivity contribution in [2.45, 2.75) is 26.4 Å². The molecule has 0 saturated heterocycles. The normalized spacial score (nSPS) is 11.3. The molecule has 0 unspecified atom stereocenters. The number of hydrogen-bond donors (Lipinski definition) is 2. The molecule has 0 fully saturated rings. The van der Waals surface area contributed by atoms with Gasteiger partial charge in [-0.05, 0) is 20.8 Å². The zero-order valence-electron chi connectivity index (χ0n) is 8.02. The van der Waals surface area contributed by atoms with Crippen molar-refractivity contribution in [1.29, 1.82) is 0 Å². The van der Waals surface area contributed by atoms with Crippen LogP contribution < -0.4 is 11.1 Å². The summed E-state index contributed by atoms with van der Waals surface area (Å²) in [6.45, 7) is 6.94. The number of hydrogen-bond acceptors (Lipinski definition) is 3. The van der Waals surface area contributed by atoms with Gasteiger partial charge in [-0.3, -0.25) is 4.79 Å². The van der Waals surface area contributed by atoms with Crippen LogP contribution in [0.5, 0.6) is 0 Å². The largest absolute Gasteiger partial charge is 0.374 e. The maximum absolute atomic E-state index is 10.8. The third-order valence-electron chi connectivity index (χ3n) is 1.43. The van der Waals surface area contributed by atoms with Crippen molar-refractivity contribution >= 4 is 5.91 Å². The lowest BCUT2D eigenvalue weighted by molar-refractivity contribution is -0.121. The lowest BCUT2D eigenvalue weighted by atomic mass is 10.1. The predicted octanol–water partition coefficient (Wildman–Crippen LogP) is -0.124. The summed E-state index contributed by atoms with van der Waals surface area (Å²) in [7, 11) is 0. The minimum absolute atomic E-state index is 0.0300. The third kappa shape index (κ3) is 5.09. The monoisotopic (exact) mass is 174 g/mol. The Morgan fingerprint density at radius 3 is 2.58 bits per heavy atom. The molecule has 0 rings (SSSR count). The van der Waals surface area contributed by atoms with Gasteiger partial charge in [0.2, 0.25) is 5.91 Å². The van der Waals surface area contributed by atoms with Gasteiger partial charge in [-0.2, -0.15) is 0 Å². The quantitative estimate of drug-likeness (QED) is 0.610. The van der Waals surface area contributed by atoms with Gasteiger partial charge in [0.05, 0.1) is 12.1 Å². The van der Waals surface area contributed by atoms with Crippen LogP contribution in [0.2, 0.25) is 0 Å². The van der Waals surface area contributed by atoms with Crippen LogP contribution in [0, 0.1) is 0 Å². The summed E-state index contributed by atoms with van der Waals surface area (Å²) in [5, 5.41) is 2.67. The van der Waals surface area contributed by atoms with Crippen LogP contribution in [-0.4, -0.2) is 31.2 Å². The molecule has 0 aliphatic heterocycles. The highest BCUT2D eigenvalue weighted by Crippen LogP contribution is 2.06. The molecule has 1 amide bonds. The van der Waals surface area contributed by atoms with E-state index in [2.05, 4.69) is 5.32 Å². The van der Waals surface area contributed by atoms with Crippen molar-refractivity contribution in [2.24, 2.45) is 5.73 Å². The van der Waals surface area contributed by atoms with Gasteiger partial charge in [-0.15, -0.1) is 0 Å². The number of carbonyl (C=O) groups is 1. The molecule has 0 radical (unpaired) electrons. The number of nitrogens with one attached hydrogen (secondary N) is 1. The number of ether oxygens (including phenoxy) is 1. The molecule has 0 aromatic rings. The van der Waals surface area contributed by atoms with E-state index in [-0.39, 0.29) is 18.1 Å². The summed E-state index contributed by atoms with van der Waals surface area (Å²) < 4.78 is 5.37. The number of rotatable bonds is 5. The summed E-state index contributed by atoms with van der Waals surface area (Å²) in [6.07, 6.45) is 0. The van der Waals surface area contributed by atoms with Crippen LogP contribution in [0.25, 0.3) is 0 Å². The molecule has 0 spiro atoms. The standard InChI is InChI=1S/C8H18N2O2/c1-4-12-8(2,3)6-10-7(11)5-9/h4-6,9H2,1-3H3,(H,10,11). The van der Waals surface area contributed by atoms with Gasteiger partial charge in [0.15, 0.2) is 0 Å². The van der Waals surface area contributed by atoms with Gasteiger partial charge in [0.1, 0.15) is 0 Å². The Morgan fingerprint density at radius 2 is 2.17 bits per heavy atom. The first-order chi connectivity index (χ1) is 5.52. The Balaban J connectivity index is 3.67. The lowest BCUT2D eigenvalue weighted by Crippen LogP contribution is -2.42. The Morgan fingerprint density at radius 1 is 1.58 bits per heavy atom. The van der Waals surface area contributed by atoms with Crippen molar-refractivity contribution in [3.05, 3.63) is 0 Å². The van der Waals surface area contributed by atoms with Crippen molar-refractivity contribution in [1.82, 2.24) is 5.32 Å². The fourth-order valence-electron chi connectivity index (χ4n) is 0.825. The minimum Gasteiger partial charge on any atom is -0.374 e. The van der Waals surface area contributed by atoms with Crippen molar-refractivity contribution in [3.63, 3.8) is 0 Å². The van der Waals surface area contributed by atoms with Crippen LogP contribution in [0.4, 0.5) is 0 Å². The van der Waals surface area contributed by atoms with Gasteiger partial charge < -0.3 is 15.8 Å². The van der Waals surface area contributed by atoms with Crippen LogP contribution >= 0.6 is 0 Å². The first-order valence-electron chi connectivity index (χ1n) is 4.12. The Labute approximate surface area is 73.5 Å². The fraction of sp³-hybridized carbons (Fsp3) is 0.875. The van der Waals surface area contributed by atoms with Crippen molar-refractivity contribution in [3.8, 4) is 0 Å². The maximum Gasteiger partial charge on any atom is 0.233 e.